The van der Waals surface area contributed by atoms with Gasteiger partial charge < -0.3 is 17.0 Å². The van der Waals surface area contributed by atoms with Crippen LogP contribution in [0.5, 0.6) is 0 Å². The smallest absolute Gasteiger partial charge is 0.235 e. The zero-order valence-electron chi connectivity index (χ0n) is 12.0. The molecule has 0 unspecified atom stereocenters. The van der Waals surface area contributed by atoms with Crippen LogP contribution >= 0.6 is 11.3 Å². The number of para-hydroxylation sites is 1. The van der Waals surface area contributed by atoms with Gasteiger partial charge in [-0.15, -0.1) is 0 Å². The number of nitrogens with zero attached hydrogens (tertiary/aromatic N) is 1. The van der Waals surface area contributed by atoms with E-state index in [2.05, 4.69) is 42.7 Å². The molecule has 1 heterocycles. The molecule has 1 aromatic heterocycles. The van der Waals surface area contributed by atoms with Crippen molar-refractivity contribution < 1.29 is 21.5 Å². The molecular formula is C16H24BrNS. The van der Waals surface area contributed by atoms with Gasteiger partial charge in [-0.2, -0.15) is 4.57 Å². The molecule has 0 N–H and O–H groups in total. The molecule has 3 heteroatoms. The number of benzene rings is 1. The molecule has 0 radical (unpaired) electrons. The summed E-state index contributed by atoms with van der Waals surface area (Å²) in [5.74, 6) is 0. The lowest BCUT2D eigenvalue weighted by molar-refractivity contribution is -0.673. The molecule has 106 valence electrons. The van der Waals surface area contributed by atoms with Gasteiger partial charge in [-0.3, -0.25) is 0 Å². The molecule has 0 aliphatic heterocycles. The van der Waals surface area contributed by atoms with Gasteiger partial charge in [0.2, 0.25) is 10.5 Å². The van der Waals surface area contributed by atoms with Gasteiger partial charge in [-0.1, -0.05) is 56.1 Å². The lowest BCUT2D eigenvalue weighted by Gasteiger charge is -1.99. The van der Waals surface area contributed by atoms with Crippen molar-refractivity contribution in [3.05, 3.63) is 29.3 Å². The first-order chi connectivity index (χ1) is 8.83. The molecule has 0 atom stereocenters. The molecule has 1 aromatic carbocycles. The van der Waals surface area contributed by atoms with E-state index in [4.69, 9.17) is 0 Å². The molecule has 0 fully saturated rings. The topological polar surface area (TPSA) is 3.88 Å². The van der Waals surface area contributed by atoms with Crippen molar-refractivity contribution in [1.82, 2.24) is 0 Å². The minimum absolute atomic E-state index is 0. The van der Waals surface area contributed by atoms with Crippen molar-refractivity contribution >= 4 is 21.6 Å². The summed E-state index contributed by atoms with van der Waals surface area (Å²) < 4.78 is 3.90. The SMILES string of the molecule is CCCCCCCC[n+]1c(C)sc2ccccc21.[Br-]. The summed E-state index contributed by atoms with van der Waals surface area (Å²) in [6.45, 7) is 5.69. The standard InChI is InChI=1S/C16H24NS.BrH/c1-3-4-5-6-7-10-13-17-14(2)18-16-12-9-8-11-15(16)17;/h8-9,11-12H,3-7,10,13H2,1-2H3;1H/q+1;/p-1. The summed E-state index contributed by atoms with van der Waals surface area (Å²) in [6, 6.07) is 8.75. The van der Waals surface area contributed by atoms with Gasteiger partial charge in [-0.25, -0.2) is 0 Å². The molecule has 0 bridgehead atoms. The first-order valence-corrected chi connectivity index (χ1v) is 8.02. The van der Waals surface area contributed by atoms with E-state index in [0.29, 0.717) is 0 Å². The van der Waals surface area contributed by atoms with Gasteiger partial charge in [0.25, 0.3) is 0 Å². The van der Waals surface area contributed by atoms with E-state index >= 15 is 0 Å². The summed E-state index contributed by atoms with van der Waals surface area (Å²) >= 11 is 1.91. The van der Waals surface area contributed by atoms with Crippen LogP contribution in [0.1, 0.15) is 50.5 Å². The Morgan fingerprint density at radius 3 is 2.47 bits per heavy atom. The van der Waals surface area contributed by atoms with E-state index < -0.39 is 0 Å². The zero-order valence-corrected chi connectivity index (χ0v) is 14.4. The van der Waals surface area contributed by atoms with Gasteiger partial charge in [0.15, 0.2) is 0 Å². The first kappa shape index (κ1) is 16.6. The highest BCUT2D eigenvalue weighted by atomic mass is 79.9. The van der Waals surface area contributed by atoms with Crippen LogP contribution in [0.25, 0.3) is 10.2 Å². The molecule has 0 amide bonds. The van der Waals surface area contributed by atoms with E-state index in [1.165, 1.54) is 60.3 Å². The molecule has 19 heavy (non-hydrogen) atoms. The second-order valence-electron chi connectivity index (χ2n) is 5.01. The maximum absolute atomic E-state index is 2.49. The van der Waals surface area contributed by atoms with Crippen LogP contribution in [0, 0.1) is 6.92 Å². The third kappa shape index (κ3) is 4.57. The van der Waals surface area contributed by atoms with Gasteiger partial charge >= 0.3 is 0 Å². The minimum atomic E-state index is 0. The molecule has 0 aliphatic rings. The van der Waals surface area contributed by atoms with Gasteiger partial charge in [0.05, 0.1) is 0 Å². The average molecular weight is 342 g/mol. The van der Waals surface area contributed by atoms with E-state index in [9.17, 15) is 0 Å². The van der Waals surface area contributed by atoms with Crippen LogP contribution in [0.3, 0.4) is 0 Å². The van der Waals surface area contributed by atoms with E-state index in [1.54, 1.807) is 0 Å². The second-order valence-corrected chi connectivity index (χ2v) is 6.24. The number of halogens is 1. The summed E-state index contributed by atoms with van der Waals surface area (Å²) in [6.07, 6.45) is 8.23. The lowest BCUT2D eigenvalue weighted by atomic mass is 10.1. The van der Waals surface area contributed by atoms with Crippen molar-refractivity contribution in [1.29, 1.82) is 0 Å². The quantitative estimate of drug-likeness (QED) is 0.534. The monoisotopic (exact) mass is 341 g/mol. The third-order valence-corrected chi connectivity index (χ3v) is 4.61. The number of thiazole rings is 1. The van der Waals surface area contributed by atoms with Crippen LogP contribution in [0.15, 0.2) is 24.3 Å². The van der Waals surface area contributed by atoms with Crippen molar-refractivity contribution in [3.8, 4) is 0 Å². The summed E-state index contributed by atoms with van der Waals surface area (Å²) in [7, 11) is 0. The van der Waals surface area contributed by atoms with Gasteiger partial charge in [0.1, 0.15) is 11.2 Å². The summed E-state index contributed by atoms with van der Waals surface area (Å²) in [5, 5.41) is 1.43. The van der Waals surface area contributed by atoms with Crippen molar-refractivity contribution in [2.24, 2.45) is 0 Å². The minimum Gasteiger partial charge on any atom is -1.00 e. The maximum Gasteiger partial charge on any atom is 0.235 e. The van der Waals surface area contributed by atoms with Crippen LogP contribution in [-0.4, -0.2) is 0 Å². The summed E-state index contributed by atoms with van der Waals surface area (Å²) in [4.78, 5) is 0. The van der Waals surface area contributed by atoms with Crippen LogP contribution < -0.4 is 21.5 Å². The Morgan fingerprint density at radius 1 is 1.00 bits per heavy atom. The molecule has 0 spiro atoms. The first-order valence-electron chi connectivity index (χ1n) is 7.21. The van der Waals surface area contributed by atoms with Crippen molar-refractivity contribution in [2.75, 3.05) is 0 Å². The summed E-state index contributed by atoms with van der Waals surface area (Å²) in [5.41, 5.74) is 1.41. The molecule has 0 saturated heterocycles. The largest absolute Gasteiger partial charge is 1.00 e. The normalized spacial score (nSPS) is 10.6. The van der Waals surface area contributed by atoms with Crippen molar-refractivity contribution in [3.63, 3.8) is 0 Å². The predicted octanol–water partition coefficient (Wildman–Crippen LogP) is 1.86. The molecule has 0 aliphatic carbocycles. The number of aromatic nitrogens is 1. The fraction of sp³-hybridized carbons (Fsp3) is 0.562. The predicted molar refractivity (Wildman–Crippen MR) is 80.1 cm³/mol. The average Bonchev–Trinajstić information content (AvgIpc) is 2.70. The number of rotatable bonds is 7. The Morgan fingerprint density at radius 2 is 1.68 bits per heavy atom. The number of unbranched alkanes of at least 4 members (excludes halogenated alkanes) is 5. The number of aryl methyl sites for hydroxylation is 2. The molecule has 2 aromatic rings. The highest BCUT2D eigenvalue weighted by molar-refractivity contribution is 7.18. The fourth-order valence-corrected chi connectivity index (χ4v) is 3.53. The van der Waals surface area contributed by atoms with E-state index in [-0.39, 0.29) is 17.0 Å². The molecule has 1 nitrogen and oxygen atoms in total. The second kappa shape index (κ2) is 8.70. The van der Waals surface area contributed by atoms with Gasteiger partial charge in [0, 0.05) is 19.4 Å². The number of hydrogen-bond donors (Lipinski definition) is 0. The Kier molecular flexibility index (Phi) is 7.62. The van der Waals surface area contributed by atoms with Crippen LogP contribution in [0.2, 0.25) is 0 Å². The highest BCUT2D eigenvalue weighted by Gasteiger charge is 2.15. The van der Waals surface area contributed by atoms with Gasteiger partial charge in [-0.05, 0) is 12.5 Å². The maximum atomic E-state index is 2.49. The number of fused-ring (bicyclic) bond motifs is 1. The Bertz CT molecular complexity index is 492. The van der Waals surface area contributed by atoms with E-state index in [1.807, 2.05) is 11.3 Å². The Hall–Kier alpha value is -0.410. The van der Waals surface area contributed by atoms with E-state index in [0.717, 1.165) is 0 Å². The van der Waals surface area contributed by atoms with Crippen LogP contribution in [0.4, 0.5) is 0 Å². The third-order valence-electron chi connectivity index (χ3n) is 3.53. The Balaban J connectivity index is 0.00000180. The molecular weight excluding hydrogens is 318 g/mol. The van der Waals surface area contributed by atoms with Crippen LogP contribution in [-0.2, 0) is 6.54 Å². The zero-order chi connectivity index (χ0) is 12.8. The molecule has 2 rings (SSSR count). The number of hydrogen-bond acceptors (Lipinski definition) is 1. The lowest BCUT2D eigenvalue weighted by Crippen LogP contribution is -3.00. The van der Waals surface area contributed by atoms with Crippen molar-refractivity contribution in [2.45, 2.75) is 58.9 Å². The molecule has 0 saturated carbocycles. The highest BCUT2D eigenvalue weighted by Crippen LogP contribution is 2.19. The Labute approximate surface area is 131 Å². The fourth-order valence-electron chi connectivity index (χ4n) is 2.48.